The molecule has 3 nitrogen and oxygen atoms in total. The van der Waals surface area contributed by atoms with Gasteiger partial charge < -0.3 is 14.2 Å². The fraction of sp³-hybridized carbons (Fsp3) is 0.467. The Hall–Kier alpha value is -1.16. The minimum atomic E-state index is -0.170. The number of ether oxygens (including phenoxy) is 3. The third-order valence-corrected chi connectivity index (χ3v) is 2.99. The van der Waals surface area contributed by atoms with Crippen LogP contribution in [0.5, 0.6) is 0 Å². The maximum absolute atomic E-state index is 5.74. The molecule has 1 heterocycles. The maximum atomic E-state index is 5.74. The predicted octanol–water partition coefficient (Wildman–Crippen LogP) is 2.91. The quantitative estimate of drug-likeness (QED) is 0.750. The molecule has 1 aliphatic heterocycles. The van der Waals surface area contributed by atoms with Crippen LogP contribution >= 0.6 is 0 Å². The van der Waals surface area contributed by atoms with Gasteiger partial charge in [-0.3, -0.25) is 0 Å². The highest BCUT2D eigenvalue weighted by molar-refractivity contribution is 5.13. The standard InChI is InChI=1S/C15H20O3/c1-12-8-14(18-15(9-12)16-2)11-17-10-13-6-4-3-5-7-13/h3-7,14-15H,1,8-11H2,2H3/t14-,15?/m1/s1. The highest BCUT2D eigenvalue weighted by Crippen LogP contribution is 2.23. The minimum absolute atomic E-state index is 0.0555. The topological polar surface area (TPSA) is 27.7 Å². The van der Waals surface area contributed by atoms with Crippen LogP contribution in [0.15, 0.2) is 42.5 Å². The Balaban J connectivity index is 1.74. The van der Waals surface area contributed by atoms with Gasteiger partial charge in [-0.05, 0) is 12.0 Å². The summed E-state index contributed by atoms with van der Waals surface area (Å²) in [6.45, 7) is 5.21. The van der Waals surface area contributed by atoms with Crippen molar-refractivity contribution in [2.75, 3.05) is 13.7 Å². The van der Waals surface area contributed by atoms with E-state index in [1.54, 1.807) is 7.11 Å². The van der Waals surface area contributed by atoms with Gasteiger partial charge in [-0.1, -0.05) is 42.5 Å². The molecule has 2 atom stereocenters. The van der Waals surface area contributed by atoms with Gasteiger partial charge in [0.15, 0.2) is 6.29 Å². The maximum Gasteiger partial charge on any atom is 0.161 e. The van der Waals surface area contributed by atoms with Crippen LogP contribution in [0.25, 0.3) is 0 Å². The molecule has 0 aliphatic carbocycles. The highest BCUT2D eigenvalue weighted by atomic mass is 16.7. The number of methoxy groups -OCH3 is 1. The minimum Gasteiger partial charge on any atom is -0.374 e. The van der Waals surface area contributed by atoms with E-state index in [4.69, 9.17) is 14.2 Å². The zero-order chi connectivity index (χ0) is 12.8. The van der Waals surface area contributed by atoms with Gasteiger partial charge in [0, 0.05) is 13.5 Å². The molecule has 1 saturated heterocycles. The second kappa shape index (κ2) is 6.69. The van der Waals surface area contributed by atoms with Gasteiger partial charge >= 0.3 is 0 Å². The van der Waals surface area contributed by atoms with E-state index < -0.39 is 0 Å². The molecule has 0 saturated carbocycles. The normalized spacial score (nSPS) is 24.2. The highest BCUT2D eigenvalue weighted by Gasteiger charge is 2.24. The van der Waals surface area contributed by atoms with E-state index in [0.29, 0.717) is 13.2 Å². The molecule has 3 heteroatoms. The zero-order valence-electron chi connectivity index (χ0n) is 10.8. The van der Waals surface area contributed by atoms with Crippen LogP contribution < -0.4 is 0 Å². The summed E-state index contributed by atoms with van der Waals surface area (Å²) >= 11 is 0. The predicted molar refractivity (Wildman–Crippen MR) is 70.1 cm³/mol. The molecule has 1 aromatic carbocycles. The van der Waals surface area contributed by atoms with Gasteiger partial charge in [-0.15, -0.1) is 0 Å². The first kappa shape index (κ1) is 13.3. The number of hydrogen-bond donors (Lipinski definition) is 0. The van der Waals surface area contributed by atoms with E-state index in [1.165, 1.54) is 11.1 Å². The van der Waals surface area contributed by atoms with E-state index >= 15 is 0 Å². The first-order chi connectivity index (χ1) is 8.78. The fourth-order valence-electron chi connectivity index (χ4n) is 2.07. The van der Waals surface area contributed by atoms with Crippen LogP contribution in [0.3, 0.4) is 0 Å². The summed E-state index contributed by atoms with van der Waals surface area (Å²) < 4.78 is 16.6. The van der Waals surface area contributed by atoms with Crippen molar-refractivity contribution in [3.8, 4) is 0 Å². The Kier molecular flexibility index (Phi) is 4.93. The van der Waals surface area contributed by atoms with Crippen molar-refractivity contribution in [3.05, 3.63) is 48.0 Å². The summed E-state index contributed by atoms with van der Waals surface area (Å²) in [4.78, 5) is 0. The van der Waals surface area contributed by atoms with E-state index in [-0.39, 0.29) is 12.4 Å². The van der Waals surface area contributed by atoms with Crippen LogP contribution in [0, 0.1) is 0 Å². The lowest BCUT2D eigenvalue weighted by atomic mass is 10.0. The molecule has 1 aromatic rings. The number of rotatable bonds is 5. The van der Waals surface area contributed by atoms with Crippen molar-refractivity contribution >= 4 is 0 Å². The van der Waals surface area contributed by atoms with Gasteiger partial charge in [-0.2, -0.15) is 0 Å². The lowest BCUT2D eigenvalue weighted by Gasteiger charge is -2.30. The van der Waals surface area contributed by atoms with Crippen molar-refractivity contribution in [1.82, 2.24) is 0 Å². The second-order valence-electron chi connectivity index (χ2n) is 4.58. The van der Waals surface area contributed by atoms with E-state index in [1.807, 2.05) is 18.2 Å². The van der Waals surface area contributed by atoms with Crippen molar-refractivity contribution in [2.24, 2.45) is 0 Å². The molecule has 0 amide bonds. The molecule has 18 heavy (non-hydrogen) atoms. The van der Waals surface area contributed by atoms with Gasteiger partial charge in [0.2, 0.25) is 0 Å². The number of hydrogen-bond acceptors (Lipinski definition) is 3. The van der Waals surface area contributed by atoms with Gasteiger partial charge in [0.05, 0.1) is 19.3 Å². The molecule has 98 valence electrons. The first-order valence-corrected chi connectivity index (χ1v) is 6.24. The SMILES string of the molecule is C=C1CC(OC)O[C@@H](COCc2ccccc2)C1. The zero-order valence-corrected chi connectivity index (χ0v) is 10.8. The van der Waals surface area contributed by atoms with Crippen LogP contribution in [-0.2, 0) is 20.8 Å². The molecule has 0 radical (unpaired) electrons. The Bertz CT molecular complexity index is 375. The lowest BCUT2D eigenvalue weighted by Crippen LogP contribution is -2.33. The van der Waals surface area contributed by atoms with E-state index in [2.05, 4.69) is 18.7 Å². The molecule has 0 spiro atoms. The van der Waals surface area contributed by atoms with E-state index in [9.17, 15) is 0 Å². The second-order valence-corrected chi connectivity index (χ2v) is 4.58. The Morgan fingerprint density at radius 1 is 1.28 bits per heavy atom. The summed E-state index contributed by atoms with van der Waals surface area (Å²) in [5.74, 6) is 0. The molecular formula is C15H20O3. The van der Waals surface area contributed by atoms with Crippen molar-refractivity contribution < 1.29 is 14.2 Å². The molecule has 0 bridgehead atoms. The largest absolute Gasteiger partial charge is 0.374 e. The summed E-state index contributed by atoms with van der Waals surface area (Å²) in [5, 5.41) is 0. The van der Waals surface area contributed by atoms with Gasteiger partial charge in [-0.25, -0.2) is 0 Å². The Morgan fingerprint density at radius 2 is 2.06 bits per heavy atom. The molecule has 2 rings (SSSR count). The summed E-state index contributed by atoms with van der Waals surface area (Å²) in [6, 6.07) is 10.1. The Labute approximate surface area is 108 Å². The van der Waals surface area contributed by atoms with Gasteiger partial charge in [0.1, 0.15) is 0 Å². The third kappa shape index (κ3) is 3.95. The first-order valence-electron chi connectivity index (χ1n) is 6.24. The van der Waals surface area contributed by atoms with Crippen LogP contribution in [-0.4, -0.2) is 26.1 Å². The monoisotopic (exact) mass is 248 g/mol. The van der Waals surface area contributed by atoms with Crippen LogP contribution in [0.1, 0.15) is 18.4 Å². The molecule has 1 fully saturated rings. The third-order valence-electron chi connectivity index (χ3n) is 2.99. The Morgan fingerprint density at radius 3 is 2.78 bits per heavy atom. The van der Waals surface area contributed by atoms with E-state index in [0.717, 1.165) is 12.8 Å². The molecular weight excluding hydrogens is 228 g/mol. The average Bonchev–Trinajstić information content (AvgIpc) is 2.39. The van der Waals surface area contributed by atoms with Crippen LogP contribution in [0.2, 0.25) is 0 Å². The van der Waals surface area contributed by atoms with Crippen molar-refractivity contribution in [3.63, 3.8) is 0 Å². The molecule has 1 unspecified atom stereocenters. The van der Waals surface area contributed by atoms with Gasteiger partial charge in [0.25, 0.3) is 0 Å². The lowest BCUT2D eigenvalue weighted by molar-refractivity contribution is -0.181. The van der Waals surface area contributed by atoms with Crippen molar-refractivity contribution in [2.45, 2.75) is 31.8 Å². The fourth-order valence-corrected chi connectivity index (χ4v) is 2.07. The average molecular weight is 248 g/mol. The molecule has 0 aromatic heterocycles. The molecule has 0 N–H and O–H groups in total. The van der Waals surface area contributed by atoms with Crippen molar-refractivity contribution in [1.29, 1.82) is 0 Å². The molecule has 1 aliphatic rings. The number of benzene rings is 1. The smallest absolute Gasteiger partial charge is 0.161 e. The summed E-state index contributed by atoms with van der Waals surface area (Å²) in [5.41, 5.74) is 2.34. The van der Waals surface area contributed by atoms with Crippen LogP contribution in [0.4, 0.5) is 0 Å². The summed E-state index contributed by atoms with van der Waals surface area (Å²) in [7, 11) is 1.66. The summed E-state index contributed by atoms with van der Waals surface area (Å²) in [6.07, 6.45) is 1.52.